The molecule has 1 aliphatic carbocycles. The lowest BCUT2D eigenvalue weighted by molar-refractivity contribution is -0.153. The second kappa shape index (κ2) is 5.14. The van der Waals surface area contributed by atoms with Crippen LogP contribution < -0.4 is 0 Å². The first kappa shape index (κ1) is 14.8. The molecule has 0 unspecified atom stereocenters. The van der Waals surface area contributed by atoms with Gasteiger partial charge < -0.3 is 9.47 Å². The molecule has 1 saturated heterocycles. The van der Waals surface area contributed by atoms with Crippen LogP contribution in [0.25, 0.3) is 0 Å². The number of nitrogens with zero attached hydrogens (tertiary/aromatic N) is 1. The maximum Gasteiger partial charge on any atom is 0.261 e. The van der Waals surface area contributed by atoms with E-state index >= 15 is 0 Å². The van der Waals surface area contributed by atoms with Gasteiger partial charge in [-0.2, -0.15) is 0 Å². The predicted molar refractivity (Wildman–Crippen MR) is 82.8 cm³/mol. The van der Waals surface area contributed by atoms with Gasteiger partial charge in [0.25, 0.3) is 5.91 Å². The fraction of sp³-hybridized carbons (Fsp3) is 0.556. The van der Waals surface area contributed by atoms with Crippen molar-refractivity contribution >= 4 is 11.8 Å². The summed E-state index contributed by atoms with van der Waals surface area (Å²) in [6.45, 7) is 3.77. The SMILES string of the molecule is CC1(C)O[C@H]2[C@H](N3C(=O)Cc4ccccc4C3=O)CCC[C@H]2O1. The fourth-order valence-electron chi connectivity index (χ4n) is 4.09. The zero-order valence-electron chi connectivity index (χ0n) is 13.5. The predicted octanol–water partition coefficient (Wildman–Crippen LogP) is 2.28. The van der Waals surface area contributed by atoms with Crippen molar-refractivity contribution in [2.75, 3.05) is 0 Å². The highest BCUT2D eigenvalue weighted by atomic mass is 16.8. The molecular formula is C18H21NO4. The number of carbonyl (C=O) groups excluding carboxylic acids is 2. The minimum absolute atomic E-state index is 0.0403. The Labute approximate surface area is 135 Å². The Balaban J connectivity index is 1.67. The number of rotatable bonds is 1. The summed E-state index contributed by atoms with van der Waals surface area (Å²) in [5.74, 6) is -0.985. The number of imide groups is 1. The summed E-state index contributed by atoms with van der Waals surface area (Å²) in [5.41, 5.74) is 1.45. The molecule has 5 heteroatoms. The Morgan fingerprint density at radius 3 is 2.74 bits per heavy atom. The molecule has 122 valence electrons. The maximum absolute atomic E-state index is 12.9. The molecule has 1 aromatic rings. The van der Waals surface area contributed by atoms with Gasteiger partial charge in [-0.3, -0.25) is 14.5 Å². The summed E-state index contributed by atoms with van der Waals surface area (Å²) in [4.78, 5) is 26.9. The van der Waals surface area contributed by atoms with E-state index in [4.69, 9.17) is 9.47 Å². The van der Waals surface area contributed by atoms with Crippen molar-refractivity contribution in [3.8, 4) is 0 Å². The van der Waals surface area contributed by atoms with E-state index in [2.05, 4.69) is 0 Å². The van der Waals surface area contributed by atoms with Crippen LogP contribution >= 0.6 is 0 Å². The molecule has 0 spiro atoms. The van der Waals surface area contributed by atoms with Crippen molar-refractivity contribution in [3.63, 3.8) is 0 Å². The van der Waals surface area contributed by atoms with Gasteiger partial charge in [-0.15, -0.1) is 0 Å². The van der Waals surface area contributed by atoms with Gasteiger partial charge in [-0.05, 0) is 44.7 Å². The third-order valence-electron chi connectivity index (χ3n) is 5.00. The number of fused-ring (bicyclic) bond motifs is 2. The first-order chi connectivity index (χ1) is 11.0. The minimum atomic E-state index is -0.655. The molecule has 0 N–H and O–H groups in total. The van der Waals surface area contributed by atoms with Gasteiger partial charge in [0.1, 0.15) is 6.10 Å². The average molecular weight is 315 g/mol. The van der Waals surface area contributed by atoms with Crippen LogP contribution in [0.15, 0.2) is 24.3 Å². The van der Waals surface area contributed by atoms with Crippen molar-refractivity contribution in [2.45, 2.75) is 63.6 Å². The van der Waals surface area contributed by atoms with Gasteiger partial charge in [0.2, 0.25) is 5.91 Å². The van der Waals surface area contributed by atoms with Crippen LogP contribution in [0.2, 0.25) is 0 Å². The number of benzene rings is 1. The van der Waals surface area contributed by atoms with Gasteiger partial charge in [-0.1, -0.05) is 18.2 Å². The summed E-state index contributed by atoms with van der Waals surface area (Å²) in [6, 6.07) is 7.12. The first-order valence-corrected chi connectivity index (χ1v) is 8.26. The van der Waals surface area contributed by atoms with Gasteiger partial charge in [0.05, 0.1) is 18.6 Å². The molecule has 3 atom stereocenters. The summed E-state index contributed by atoms with van der Waals surface area (Å²) in [6.07, 6.45) is 2.64. The van der Waals surface area contributed by atoms with E-state index in [0.717, 1.165) is 24.8 Å². The number of ether oxygens (including phenoxy) is 2. The smallest absolute Gasteiger partial charge is 0.261 e. The van der Waals surface area contributed by atoms with Crippen LogP contribution in [0.3, 0.4) is 0 Å². The molecule has 2 fully saturated rings. The van der Waals surface area contributed by atoms with Crippen molar-refractivity contribution in [1.82, 2.24) is 4.90 Å². The molecule has 5 nitrogen and oxygen atoms in total. The van der Waals surface area contributed by atoms with Crippen LogP contribution in [0, 0.1) is 0 Å². The molecule has 0 radical (unpaired) electrons. The van der Waals surface area contributed by atoms with E-state index < -0.39 is 5.79 Å². The highest BCUT2D eigenvalue weighted by molar-refractivity contribution is 6.10. The van der Waals surface area contributed by atoms with Crippen molar-refractivity contribution in [1.29, 1.82) is 0 Å². The van der Waals surface area contributed by atoms with Gasteiger partial charge >= 0.3 is 0 Å². The van der Waals surface area contributed by atoms with E-state index in [1.165, 1.54) is 4.90 Å². The van der Waals surface area contributed by atoms with E-state index in [0.29, 0.717) is 5.56 Å². The topological polar surface area (TPSA) is 55.8 Å². The molecule has 2 heterocycles. The van der Waals surface area contributed by atoms with Crippen LogP contribution in [0.1, 0.15) is 49.0 Å². The highest BCUT2D eigenvalue weighted by Crippen LogP contribution is 2.40. The largest absolute Gasteiger partial charge is 0.344 e. The molecule has 1 saturated carbocycles. The molecule has 1 aromatic carbocycles. The monoisotopic (exact) mass is 315 g/mol. The molecule has 4 rings (SSSR count). The normalized spacial score (nSPS) is 32.6. The Kier molecular flexibility index (Phi) is 3.32. The first-order valence-electron chi connectivity index (χ1n) is 8.26. The Morgan fingerprint density at radius 1 is 1.13 bits per heavy atom. The minimum Gasteiger partial charge on any atom is -0.344 e. The van der Waals surface area contributed by atoms with Crippen LogP contribution in [-0.4, -0.2) is 40.8 Å². The van der Waals surface area contributed by atoms with E-state index in [1.807, 2.05) is 32.0 Å². The third kappa shape index (κ3) is 2.39. The van der Waals surface area contributed by atoms with E-state index in [-0.39, 0.29) is 36.5 Å². The molecule has 0 aromatic heterocycles. The quantitative estimate of drug-likeness (QED) is 0.746. The standard InChI is InChI=1S/C18H21NO4/c1-18(2)22-14-9-5-8-13(16(14)23-18)19-15(20)10-11-6-3-4-7-12(11)17(19)21/h3-4,6-7,13-14,16H,5,8-10H2,1-2H3/t13-,14-,16+/m1/s1. The van der Waals surface area contributed by atoms with Crippen LogP contribution in [-0.2, 0) is 20.7 Å². The van der Waals surface area contributed by atoms with E-state index in [9.17, 15) is 9.59 Å². The molecule has 23 heavy (non-hydrogen) atoms. The lowest BCUT2D eigenvalue weighted by Crippen LogP contribution is -2.56. The fourth-order valence-corrected chi connectivity index (χ4v) is 4.09. The van der Waals surface area contributed by atoms with Crippen LogP contribution in [0.4, 0.5) is 0 Å². The Morgan fingerprint density at radius 2 is 1.91 bits per heavy atom. The number of hydrogen-bond donors (Lipinski definition) is 0. The summed E-state index contributed by atoms with van der Waals surface area (Å²) in [7, 11) is 0. The average Bonchev–Trinajstić information content (AvgIpc) is 2.82. The number of hydrogen-bond acceptors (Lipinski definition) is 4. The summed E-state index contributed by atoms with van der Waals surface area (Å²) in [5, 5.41) is 0. The highest BCUT2D eigenvalue weighted by Gasteiger charge is 2.51. The lowest BCUT2D eigenvalue weighted by Gasteiger charge is -2.40. The van der Waals surface area contributed by atoms with Crippen molar-refractivity contribution < 1.29 is 19.1 Å². The third-order valence-corrected chi connectivity index (χ3v) is 5.00. The second-order valence-corrected chi connectivity index (χ2v) is 7.04. The van der Waals surface area contributed by atoms with Gasteiger partial charge in [-0.25, -0.2) is 0 Å². The van der Waals surface area contributed by atoms with Crippen molar-refractivity contribution in [2.24, 2.45) is 0 Å². The van der Waals surface area contributed by atoms with Crippen molar-refractivity contribution in [3.05, 3.63) is 35.4 Å². The second-order valence-electron chi connectivity index (χ2n) is 7.04. The Bertz CT molecular complexity index is 669. The van der Waals surface area contributed by atoms with Gasteiger partial charge in [0, 0.05) is 5.56 Å². The van der Waals surface area contributed by atoms with E-state index in [1.54, 1.807) is 6.07 Å². The molecule has 2 amide bonds. The summed E-state index contributed by atoms with van der Waals surface area (Å²) >= 11 is 0. The number of carbonyl (C=O) groups is 2. The zero-order chi connectivity index (χ0) is 16.2. The molecule has 0 bridgehead atoms. The molecule has 3 aliphatic rings. The van der Waals surface area contributed by atoms with Crippen LogP contribution in [0.5, 0.6) is 0 Å². The Hall–Kier alpha value is -1.72. The zero-order valence-corrected chi connectivity index (χ0v) is 13.5. The summed E-state index contributed by atoms with van der Waals surface area (Å²) < 4.78 is 12.0. The van der Waals surface area contributed by atoms with Gasteiger partial charge in [0.15, 0.2) is 5.79 Å². The molecular weight excluding hydrogens is 294 g/mol. The lowest BCUT2D eigenvalue weighted by atomic mass is 9.86. The molecule has 2 aliphatic heterocycles. The maximum atomic E-state index is 12.9. The number of amides is 2.